The van der Waals surface area contributed by atoms with Crippen LogP contribution in [0.15, 0.2) is 46.0 Å². The minimum Gasteiger partial charge on any atom is -0.434 e. The molecule has 0 saturated heterocycles. The van der Waals surface area contributed by atoms with Crippen LogP contribution in [0.4, 0.5) is 8.78 Å². The third kappa shape index (κ3) is 8.56. The molecule has 27 heavy (non-hydrogen) atoms. The van der Waals surface area contributed by atoms with Crippen LogP contribution < -0.4 is 15.4 Å². The van der Waals surface area contributed by atoms with Gasteiger partial charge in [0.25, 0.3) is 0 Å². The van der Waals surface area contributed by atoms with Crippen molar-refractivity contribution in [2.24, 2.45) is 4.99 Å². The molecule has 0 atom stereocenters. The van der Waals surface area contributed by atoms with E-state index in [1.54, 1.807) is 31.4 Å². The van der Waals surface area contributed by atoms with Crippen molar-refractivity contribution in [2.45, 2.75) is 19.6 Å². The zero-order valence-corrected chi connectivity index (χ0v) is 19.1. The smallest absolute Gasteiger partial charge is 0.387 e. The van der Waals surface area contributed by atoms with Gasteiger partial charge in [0.05, 0.1) is 0 Å². The summed E-state index contributed by atoms with van der Waals surface area (Å²) in [5.41, 5.74) is 1.63. The second-order valence-electron chi connectivity index (χ2n) is 5.22. The van der Waals surface area contributed by atoms with Crippen LogP contribution in [0, 0.1) is 0 Å². The molecule has 1 heterocycles. The van der Waals surface area contributed by atoms with Gasteiger partial charge in [0.2, 0.25) is 0 Å². The van der Waals surface area contributed by atoms with Crippen LogP contribution in [0.1, 0.15) is 11.1 Å². The molecule has 2 rings (SSSR count). The average Bonchev–Trinajstić information content (AvgIpc) is 2.61. The lowest BCUT2D eigenvalue weighted by atomic mass is 10.2. The fourth-order valence-corrected chi connectivity index (χ4v) is 2.70. The van der Waals surface area contributed by atoms with Crippen LogP contribution >= 0.6 is 51.5 Å². The van der Waals surface area contributed by atoms with Gasteiger partial charge < -0.3 is 15.4 Å². The van der Waals surface area contributed by atoms with Crippen molar-refractivity contribution in [3.05, 3.63) is 57.3 Å². The maximum Gasteiger partial charge on any atom is 0.387 e. The molecular weight excluding hydrogens is 556 g/mol. The normalized spacial score (nSPS) is 11.1. The number of nitrogens with zero attached hydrogens (tertiary/aromatic N) is 2. The number of hydrogen-bond acceptors (Lipinski definition) is 3. The molecule has 0 spiro atoms. The zero-order chi connectivity index (χ0) is 18.9. The summed E-state index contributed by atoms with van der Waals surface area (Å²) < 4.78 is 30.3. The number of hydrogen-bond donors (Lipinski definition) is 2. The van der Waals surface area contributed by atoms with E-state index in [1.807, 2.05) is 6.07 Å². The lowest BCUT2D eigenvalue weighted by Crippen LogP contribution is -2.38. The number of ether oxygens (including phenoxy) is 1. The highest BCUT2D eigenvalue weighted by atomic mass is 127. The van der Waals surface area contributed by atoms with Crippen molar-refractivity contribution in [3.8, 4) is 5.75 Å². The minimum absolute atomic E-state index is 0. The first-order valence-corrected chi connectivity index (χ1v) is 8.93. The predicted octanol–water partition coefficient (Wildman–Crippen LogP) is 4.62. The number of pyridine rings is 1. The number of alkyl halides is 2. The first-order valence-electron chi connectivity index (χ1n) is 7.76. The van der Waals surface area contributed by atoms with Crippen molar-refractivity contribution in [1.29, 1.82) is 0 Å². The van der Waals surface area contributed by atoms with E-state index in [2.05, 4.69) is 41.3 Å². The molecule has 0 aliphatic rings. The Kier molecular flexibility index (Phi) is 10.9. The Balaban J connectivity index is 0.00000364. The lowest BCUT2D eigenvalue weighted by Gasteiger charge is -2.15. The third-order valence-electron chi connectivity index (χ3n) is 3.40. The minimum atomic E-state index is -2.87. The molecule has 0 saturated carbocycles. The highest BCUT2D eigenvalue weighted by Gasteiger charge is 2.10. The fraction of sp³-hybridized carbons (Fsp3) is 0.294. The molecule has 5 nitrogen and oxygen atoms in total. The molecule has 0 aliphatic heterocycles. The van der Waals surface area contributed by atoms with E-state index < -0.39 is 6.61 Å². The number of benzene rings is 1. The van der Waals surface area contributed by atoms with Crippen molar-refractivity contribution < 1.29 is 13.5 Å². The number of guanidine groups is 1. The average molecular weight is 576 g/mol. The topological polar surface area (TPSA) is 58.5 Å². The standard InChI is InChI=1S/C17H18BrClF2N4O.HI/c1-22-17(23-7-6-11-2-5-15(19)24-9-11)25-10-12-8-13(18)3-4-14(12)26-16(20)21;/h2-5,8-9,16H,6-7,10H2,1H3,(H2,22,23,25);1H. The summed E-state index contributed by atoms with van der Waals surface area (Å²) in [6, 6.07) is 8.51. The van der Waals surface area contributed by atoms with Crippen LogP contribution in [0.2, 0.25) is 5.15 Å². The molecule has 0 radical (unpaired) electrons. The molecule has 0 amide bonds. The van der Waals surface area contributed by atoms with Crippen molar-refractivity contribution in [1.82, 2.24) is 15.6 Å². The van der Waals surface area contributed by atoms with Gasteiger partial charge in [-0.25, -0.2) is 4.98 Å². The van der Waals surface area contributed by atoms with Gasteiger partial charge in [-0.15, -0.1) is 24.0 Å². The SMILES string of the molecule is CN=C(NCCc1ccc(Cl)nc1)NCc1cc(Br)ccc1OC(F)F.I. The molecule has 0 fully saturated rings. The Labute approximate surface area is 187 Å². The zero-order valence-electron chi connectivity index (χ0n) is 14.4. The largest absolute Gasteiger partial charge is 0.434 e. The Hall–Kier alpha value is -1.20. The van der Waals surface area contributed by atoms with E-state index in [-0.39, 0.29) is 36.3 Å². The molecule has 2 aromatic rings. The van der Waals surface area contributed by atoms with E-state index in [1.165, 1.54) is 6.07 Å². The van der Waals surface area contributed by atoms with E-state index in [0.29, 0.717) is 23.2 Å². The molecule has 2 N–H and O–H groups in total. The fourth-order valence-electron chi connectivity index (χ4n) is 2.18. The summed E-state index contributed by atoms with van der Waals surface area (Å²) in [4.78, 5) is 8.15. The van der Waals surface area contributed by atoms with Gasteiger partial charge in [0.1, 0.15) is 10.9 Å². The summed E-state index contributed by atoms with van der Waals surface area (Å²) in [6.45, 7) is -1.97. The first kappa shape index (κ1) is 23.8. The Bertz CT molecular complexity index is 750. The Morgan fingerprint density at radius 3 is 2.70 bits per heavy atom. The van der Waals surface area contributed by atoms with Gasteiger partial charge >= 0.3 is 6.61 Å². The lowest BCUT2D eigenvalue weighted by molar-refractivity contribution is -0.0504. The van der Waals surface area contributed by atoms with E-state index >= 15 is 0 Å². The summed E-state index contributed by atoms with van der Waals surface area (Å²) in [5.74, 6) is 0.674. The number of aliphatic imine (C=N–C) groups is 1. The first-order chi connectivity index (χ1) is 12.5. The number of nitrogens with one attached hydrogen (secondary N) is 2. The number of aromatic nitrogens is 1. The van der Waals surface area contributed by atoms with Crippen molar-refractivity contribution in [2.75, 3.05) is 13.6 Å². The van der Waals surface area contributed by atoms with Crippen molar-refractivity contribution >= 4 is 57.5 Å². The molecular formula is C17H19BrClF2IN4O. The molecule has 0 unspecified atom stereocenters. The third-order valence-corrected chi connectivity index (χ3v) is 4.12. The molecule has 148 valence electrons. The summed E-state index contributed by atoms with van der Waals surface area (Å²) >= 11 is 9.08. The highest BCUT2D eigenvalue weighted by Crippen LogP contribution is 2.24. The maximum atomic E-state index is 12.5. The second kappa shape index (κ2) is 12.3. The Morgan fingerprint density at radius 1 is 1.30 bits per heavy atom. The van der Waals surface area contributed by atoms with Crippen LogP contribution in [0.25, 0.3) is 0 Å². The summed E-state index contributed by atoms with van der Waals surface area (Å²) in [6.07, 6.45) is 2.46. The summed E-state index contributed by atoms with van der Waals surface area (Å²) in [5, 5.41) is 6.69. The van der Waals surface area contributed by atoms with Gasteiger partial charge in [0.15, 0.2) is 5.96 Å². The van der Waals surface area contributed by atoms with Crippen LogP contribution in [-0.4, -0.2) is 31.1 Å². The Morgan fingerprint density at radius 2 is 2.07 bits per heavy atom. The second-order valence-corrected chi connectivity index (χ2v) is 6.53. The number of halogens is 5. The van der Waals surface area contributed by atoms with Gasteiger partial charge in [-0.05, 0) is 36.2 Å². The van der Waals surface area contributed by atoms with E-state index in [4.69, 9.17) is 11.6 Å². The van der Waals surface area contributed by atoms with Gasteiger partial charge in [-0.3, -0.25) is 4.99 Å². The monoisotopic (exact) mass is 574 g/mol. The van der Waals surface area contributed by atoms with Crippen LogP contribution in [0.3, 0.4) is 0 Å². The molecule has 0 aliphatic carbocycles. The highest BCUT2D eigenvalue weighted by molar-refractivity contribution is 14.0. The van der Waals surface area contributed by atoms with E-state index in [0.717, 1.165) is 16.5 Å². The van der Waals surface area contributed by atoms with Gasteiger partial charge in [-0.2, -0.15) is 8.78 Å². The molecule has 10 heteroatoms. The van der Waals surface area contributed by atoms with Crippen molar-refractivity contribution in [3.63, 3.8) is 0 Å². The van der Waals surface area contributed by atoms with Gasteiger partial charge in [-0.1, -0.05) is 33.6 Å². The summed E-state index contributed by atoms with van der Waals surface area (Å²) in [7, 11) is 1.64. The van der Waals surface area contributed by atoms with Gasteiger partial charge in [0, 0.05) is 36.4 Å². The predicted molar refractivity (Wildman–Crippen MR) is 117 cm³/mol. The van der Waals surface area contributed by atoms with E-state index in [9.17, 15) is 8.78 Å². The van der Waals surface area contributed by atoms with Crippen LogP contribution in [-0.2, 0) is 13.0 Å². The maximum absolute atomic E-state index is 12.5. The molecule has 1 aromatic carbocycles. The quantitative estimate of drug-likeness (QED) is 0.219. The van der Waals surface area contributed by atoms with Crippen LogP contribution in [0.5, 0.6) is 5.75 Å². The number of rotatable bonds is 7. The molecule has 0 bridgehead atoms. The molecule has 1 aromatic heterocycles.